The third-order valence-electron chi connectivity index (χ3n) is 5.63. The normalized spacial score (nSPS) is 14.9. The van der Waals surface area contributed by atoms with Gasteiger partial charge in [-0.05, 0) is 66.7 Å². The van der Waals surface area contributed by atoms with Crippen LogP contribution in [0.25, 0.3) is 0 Å². The molecule has 1 aliphatic heterocycles. The molecule has 0 unspecified atom stereocenters. The van der Waals surface area contributed by atoms with E-state index in [0.717, 1.165) is 4.47 Å². The number of Topliss-reactive ketones (excluding diaryl/α,β-unsaturated/α-hetero) is 1. The van der Waals surface area contributed by atoms with Crippen LogP contribution in [0.1, 0.15) is 27.1 Å². The summed E-state index contributed by atoms with van der Waals surface area (Å²) in [5.41, 5.74) is 1.32. The molecule has 0 aliphatic carbocycles. The molecule has 1 fully saturated rings. The summed E-state index contributed by atoms with van der Waals surface area (Å²) in [6.45, 7) is -0.258. The van der Waals surface area contributed by atoms with Gasteiger partial charge >= 0.3 is 11.9 Å². The SMILES string of the molecule is COc1cccc(C(=O)Oc2ccc(C(=O)COC(=O)[C@H]3CC(=O)N(c4ccc(Br)cc4)C3)cc2)c1. The largest absolute Gasteiger partial charge is 0.497 e. The molecule has 0 radical (unpaired) electrons. The van der Waals surface area contributed by atoms with Gasteiger partial charge in [0, 0.05) is 28.7 Å². The van der Waals surface area contributed by atoms with Crippen molar-refractivity contribution in [3.8, 4) is 11.5 Å². The number of hydrogen-bond donors (Lipinski definition) is 0. The predicted octanol–water partition coefficient (Wildman–Crippen LogP) is 4.46. The van der Waals surface area contributed by atoms with Crippen LogP contribution in [-0.4, -0.2) is 43.9 Å². The van der Waals surface area contributed by atoms with Crippen molar-refractivity contribution in [3.05, 3.63) is 88.4 Å². The van der Waals surface area contributed by atoms with Gasteiger partial charge in [-0.3, -0.25) is 14.4 Å². The zero-order valence-electron chi connectivity index (χ0n) is 19.3. The first-order valence-corrected chi connectivity index (χ1v) is 11.9. The number of anilines is 1. The lowest BCUT2D eigenvalue weighted by Crippen LogP contribution is -2.27. The van der Waals surface area contributed by atoms with Gasteiger partial charge in [0.1, 0.15) is 11.5 Å². The van der Waals surface area contributed by atoms with Gasteiger partial charge in [0.15, 0.2) is 12.4 Å². The highest BCUT2D eigenvalue weighted by molar-refractivity contribution is 9.10. The molecule has 36 heavy (non-hydrogen) atoms. The van der Waals surface area contributed by atoms with Gasteiger partial charge < -0.3 is 19.1 Å². The first-order valence-electron chi connectivity index (χ1n) is 11.1. The van der Waals surface area contributed by atoms with Crippen LogP contribution < -0.4 is 14.4 Å². The number of nitrogens with zero attached hydrogens (tertiary/aromatic N) is 1. The fourth-order valence-corrected chi connectivity index (χ4v) is 3.96. The van der Waals surface area contributed by atoms with E-state index < -0.39 is 30.2 Å². The highest BCUT2D eigenvalue weighted by Gasteiger charge is 2.36. The van der Waals surface area contributed by atoms with Crippen LogP contribution in [0, 0.1) is 5.92 Å². The van der Waals surface area contributed by atoms with Gasteiger partial charge in [-0.15, -0.1) is 0 Å². The van der Waals surface area contributed by atoms with Crippen molar-refractivity contribution in [2.75, 3.05) is 25.2 Å². The van der Waals surface area contributed by atoms with E-state index in [1.165, 1.54) is 36.3 Å². The molecule has 1 aliphatic rings. The van der Waals surface area contributed by atoms with Crippen molar-refractivity contribution in [3.63, 3.8) is 0 Å². The third kappa shape index (κ3) is 5.98. The maximum atomic E-state index is 12.5. The Labute approximate surface area is 215 Å². The van der Waals surface area contributed by atoms with Crippen molar-refractivity contribution < 1.29 is 33.4 Å². The number of ketones is 1. The summed E-state index contributed by atoms with van der Waals surface area (Å²) in [4.78, 5) is 51.2. The molecule has 4 rings (SSSR count). The summed E-state index contributed by atoms with van der Waals surface area (Å²) in [7, 11) is 1.50. The van der Waals surface area contributed by atoms with Crippen molar-refractivity contribution in [2.45, 2.75) is 6.42 Å². The minimum Gasteiger partial charge on any atom is -0.497 e. The van der Waals surface area contributed by atoms with Crippen molar-refractivity contribution in [2.24, 2.45) is 5.92 Å². The van der Waals surface area contributed by atoms with Crippen LogP contribution in [0.4, 0.5) is 5.69 Å². The number of benzene rings is 3. The molecule has 184 valence electrons. The van der Waals surface area contributed by atoms with Crippen LogP contribution >= 0.6 is 15.9 Å². The van der Waals surface area contributed by atoms with Crippen molar-refractivity contribution >= 4 is 45.2 Å². The van der Waals surface area contributed by atoms with E-state index in [9.17, 15) is 19.2 Å². The second kappa shape index (κ2) is 11.2. The fraction of sp³-hybridized carbons (Fsp3) is 0.185. The molecule has 9 heteroatoms. The quantitative estimate of drug-likeness (QED) is 0.231. The molecule has 8 nitrogen and oxygen atoms in total. The smallest absolute Gasteiger partial charge is 0.343 e. The second-order valence-electron chi connectivity index (χ2n) is 8.06. The lowest BCUT2D eigenvalue weighted by molar-refractivity contribution is -0.147. The summed E-state index contributed by atoms with van der Waals surface area (Å²) in [6, 6.07) is 19.7. The van der Waals surface area contributed by atoms with E-state index in [0.29, 0.717) is 22.6 Å². The van der Waals surface area contributed by atoms with Crippen LogP contribution in [0.5, 0.6) is 11.5 Å². The molecule has 1 atom stereocenters. The Morgan fingerprint density at radius 2 is 1.67 bits per heavy atom. The molecule has 1 amide bonds. The molecule has 0 N–H and O–H groups in total. The lowest BCUT2D eigenvalue weighted by Gasteiger charge is -2.16. The maximum absolute atomic E-state index is 12.5. The third-order valence-corrected chi connectivity index (χ3v) is 6.16. The van der Waals surface area contributed by atoms with E-state index in [-0.39, 0.29) is 24.6 Å². The summed E-state index contributed by atoms with van der Waals surface area (Å²) >= 11 is 3.35. The summed E-state index contributed by atoms with van der Waals surface area (Å²) in [5.74, 6) is -1.61. The molecule has 0 aromatic heterocycles. The van der Waals surface area contributed by atoms with Gasteiger partial charge in [0.05, 0.1) is 18.6 Å². The Kier molecular flexibility index (Phi) is 7.80. The summed E-state index contributed by atoms with van der Waals surface area (Å²) in [5, 5.41) is 0. The van der Waals surface area contributed by atoms with Crippen LogP contribution in [0.3, 0.4) is 0 Å². The van der Waals surface area contributed by atoms with Crippen LogP contribution in [-0.2, 0) is 14.3 Å². The molecule has 3 aromatic carbocycles. The Bertz CT molecular complexity index is 1290. The van der Waals surface area contributed by atoms with E-state index in [2.05, 4.69) is 15.9 Å². The summed E-state index contributed by atoms with van der Waals surface area (Å²) < 4.78 is 16.5. The zero-order chi connectivity index (χ0) is 25.7. The zero-order valence-corrected chi connectivity index (χ0v) is 20.9. The van der Waals surface area contributed by atoms with E-state index in [1.54, 1.807) is 36.4 Å². The number of carbonyl (C=O) groups excluding carboxylic acids is 4. The monoisotopic (exact) mass is 551 g/mol. The molecule has 1 heterocycles. The predicted molar refractivity (Wildman–Crippen MR) is 134 cm³/mol. The molecular weight excluding hydrogens is 530 g/mol. The van der Waals surface area contributed by atoms with Gasteiger partial charge in [-0.2, -0.15) is 0 Å². The number of rotatable bonds is 8. The molecule has 1 saturated heterocycles. The van der Waals surface area contributed by atoms with Crippen LogP contribution in [0.2, 0.25) is 0 Å². The Morgan fingerprint density at radius 1 is 0.944 bits per heavy atom. The number of carbonyl (C=O) groups is 4. The van der Waals surface area contributed by atoms with Crippen molar-refractivity contribution in [1.29, 1.82) is 0 Å². The first-order chi connectivity index (χ1) is 17.3. The summed E-state index contributed by atoms with van der Waals surface area (Å²) in [6.07, 6.45) is 0.0242. The van der Waals surface area contributed by atoms with Gasteiger partial charge in [-0.25, -0.2) is 4.79 Å². The second-order valence-corrected chi connectivity index (χ2v) is 8.97. The molecule has 0 bridgehead atoms. The maximum Gasteiger partial charge on any atom is 0.343 e. The number of esters is 2. The fourth-order valence-electron chi connectivity index (χ4n) is 3.70. The molecule has 0 spiro atoms. The van der Waals surface area contributed by atoms with Crippen LogP contribution in [0.15, 0.2) is 77.3 Å². The lowest BCUT2D eigenvalue weighted by atomic mass is 10.1. The van der Waals surface area contributed by atoms with Gasteiger partial charge in [0.25, 0.3) is 0 Å². The van der Waals surface area contributed by atoms with E-state index in [4.69, 9.17) is 14.2 Å². The minimum atomic E-state index is -0.646. The topological polar surface area (TPSA) is 99.2 Å². The Morgan fingerprint density at radius 3 is 2.36 bits per heavy atom. The number of halogens is 1. The molecule has 0 saturated carbocycles. The number of methoxy groups -OCH3 is 1. The van der Waals surface area contributed by atoms with Gasteiger partial charge in [-0.1, -0.05) is 22.0 Å². The highest BCUT2D eigenvalue weighted by Crippen LogP contribution is 2.27. The van der Waals surface area contributed by atoms with Crippen molar-refractivity contribution in [1.82, 2.24) is 0 Å². The first kappa shape index (κ1) is 25.1. The standard InChI is InChI=1S/C27H22BrNO7/c1-34-23-4-2-3-18(13-23)27(33)36-22-11-5-17(6-12-22)24(30)16-35-26(32)19-14-25(31)29(15-19)21-9-7-20(28)8-10-21/h2-13,19H,14-16H2,1H3/t19-/m0/s1. The molecular formula is C27H22BrNO7. The number of ether oxygens (including phenoxy) is 3. The average Bonchev–Trinajstić information content (AvgIpc) is 3.29. The number of amides is 1. The average molecular weight is 552 g/mol. The minimum absolute atomic E-state index is 0.0242. The molecule has 3 aromatic rings. The van der Waals surface area contributed by atoms with E-state index in [1.807, 2.05) is 12.1 Å². The van der Waals surface area contributed by atoms with Gasteiger partial charge in [0.2, 0.25) is 5.91 Å². The number of hydrogen-bond acceptors (Lipinski definition) is 7. The highest BCUT2D eigenvalue weighted by atomic mass is 79.9. The van der Waals surface area contributed by atoms with E-state index >= 15 is 0 Å². The Balaban J connectivity index is 1.29. The Hall–Kier alpha value is -3.98.